The van der Waals surface area contributed by atoms with E-state index in [-0.39, 0.29) is 15.0 Å². The Labute approximate surface area is 198 Å². The molecule has 4 nitrogen and oxygen atoms in total. The topological polar surface area (TPSA) is 59.4 Å². The van der Waals surface area contributed by atoms with E-state index in [1.165, 1.54) is 17.4 Å². The summed E-state index contributed by atoms with van der Waals surface area (Å²) in [6.07, 6.45) is -5.27. The van der Waals surface area contributed by atoms with Crippen LogP contribution < -0.4 is 9.20 Å². The van der Waals surface area contributed by atoms with Crippen LogP contribution in [-0.4, -0.2) is 37.1 Å². The van der Waals surface area contributed by atoms with Gasteiger partial charge in [0.25, 0.3) is 0 Å². The molecule has 0 aliphatic carbocycles. The summed E-state index contributed by atoms with van der Waals surface area (Å²) < 4.78 is 59.0. The zero-order chi connectivity index (χ0) is 24.3. The van der Waals surface area contributed by atoms with E-state index in [9.17, 15) is 22.4 Å². The minimum atomic E-state index is -4.74. The van der Waals surface area contributed by atoms with Gasteiger partial charge in [0.15, 0.2) is 0 Å². The monoisotopic (exact) mass is 547 g/mol. The van der Waals surface area contributed by atoms with Gasteiger partial charge in [-0.1, -0.05) is 0 Å². The normalized spacial score (nSPS) is 12.6. The molecule has 0 fully saturated rings. The van der Waals surface area contributed by atoms with Crippen LogP contribution in [0, 0.1) is 19.7 Å². The number of halogens is 4. The van der Waals surface area contributed by atoms with Gasteiger partial charge in [0, 0.05) is 0 Å². The van der Waals surface area contributed by atoms with Crippen molar-refractivity contribution in [3.63, 3.8) is 0 Å². The number of carboxylic acids is 1. The van der Waals surface area contributed by atoms with Gasteiger partial charge in [0.05, 0.1) is 0 Å². The van der Waals surface area contributed by atoms with Crippen LogP contribution in [-0.2, 0) is 16.3 Å². The predicted molar refractivity (Wildman–Crippen MR) is 120 cm³/mol. The first-order chi connectivity index (χ1) is 15.5. The van der Waals surface area contributed by atoms with Gasteiger partial charge in [0.1, 0.15) is 0 Å². The van der Waals surface area contributed by atoms with E-state index < -0.39 is 29.6 Å². The average molecular weight is 546 g/mol. The molecule has 0 aliphatic rings. The molecule has 1 heterocycles. The molecule has 2 aromatic carbocycles. The van der Waals surface area contributed by atoms with E-state index in [4.69, 9.17) is 9.84 Å². The Balaban J connectivity index is 1.71. The van der Waals surface area contributed by atoms with Crippen LogP contribution in [0.2, 0.25) is 0 Å². The van der Waals surface area contributed by atoms with Crippen molar-refractivity contribution >= 4 is 36.7 Å². The van der Waals surface area contributed by atoms with Gasteiger partial charge in [-0.25, -0.2) is 0 Å². The fourth-order valence-electron chi connectivity index (χ4n) is 3.02. The van der Waals surface area contributed by atoms with Gasteiger partial charge in [-0.15, -0.1) is 0 Å². The molecule has 1 atom stereocenters. The van der Waals surface area contributed by atoms with Crippen molar-refractivity contribution in [1.29, 1.82) is 0 Å². The van der Waals surface area contributed by atoms with Crippen molar-refractivity contribution in [2.45, 2.75) is 44.8 Å². The number of alkyl halides is 3. The average Bonchev–Trinajstić information content (AvgIpc) is 3.11. The summed E-state index contributed by atoms with van der Waals surface area (Å²) >= 11 is 1.38. The zero-order valence-electron chi connectivity index (χ0n) is 18.0. The number of thiazole rings is 1. The summed E-state index contributed by atoms with van der Waals surface area (Å²) in [6.45, 7) is 5.43. The molecule has 3 rings (SSSR count). The fourth-order valence-corrected chi connectivity index (χ4v) is 6.56. The predicted octanol–water partition coefficient (Wildman–Crippen LogP) is 5.36. The van der Waals surface area contributed by atoms with Crippen molar-refractivity contribution in [3.8, 4) is 16.3 Å². The third kappa shape index (κ3) is 6.13. The number of aryl methyl sites for hydroxylation is 2. The number of aromatic nitrogens is 1. The Morgan fingerprint density at radius 1 is 1.21 bits per heavy atom. The zero-order valence-corrected chi connectivity index (χ0v) is 20.5. The molecular weight excluding hydrogens is 525 g/mol. The molecule has 33 heavy (non-hydrogen) atoms. The van der Waals surface area contributed by atoms with E-state index in [1.54, 1.807) is 13.0 Å². The third-order valence-corrected chi connectivity index (χ3v) is 8.61. The molecule has 10 heteroatoms. The number of hydrogen-bond acceptors (Lipinski definition) is 4. The van der Waals surface area contributed by atoms with Crippen LogP contribution in [0.25, 0.3) is 10.6 Å². The van der Waals surface area contributed by atoms with Crippen molar-refractivity contribution in [2.75, 3.05) is 0 Å². The number of rotatable bonds is 8. The Morgan fingerprint density at radius 2 is 1.94 bits per heavy atom. The second-order valence-corrected chi connectivity index (χ2v) is 10.6. The molecule has 1 aromatic heterocycles. The van der Waals surface area contributed by atoms with Crippen molar-refractivity contribution < 1.29 is 32.2 Å². The molecule has 176 valence electrons. The number of aliphatic carboxylic acids is 1. The molecule has 0 saturated carbocycles. The molecule has 3 aromatic rings. The van der Waals surface area contributed by atoms with Crippen LogP contribution in [0.3, 0.4) is 0 Å². The van der Waals surface area contributed by atoms with E-state index in [2.05, 4.69) is 4.98 Å². The third-order valence-electron chi connectivity index (χ3n) is 4.85. The summed E-state index contributed by atoms with van der Waals surface area (Å²) in [5, 5.41) is 10.4. The first-order valence-corrected chi connectivity index (χ1v) is 12.8. The molecule has 1 unspecified atom stereocenters. The van der Waals surface area contributed by atoms with Crippen molar-refractivity contribution in [3.05, 3.63) is 63.9 Å². The molecule has 0 spiro atoms. The molecule has 0 bridgehead atoms. The van der Waals surface area contributed by atoms with Crippen LogP contribution in [0.1, 0.15) is 35.0 Å². The van der Waals surface area contributed by atoms with Gasteiger partial charge >= 0.3 is 199 Å². The number of hydrogen-bond donors (Lipinski definition) is 1. The summed E-state index contributed by atoms with van der Waals surface area (Å²) in [6, 6.07) is 8.49. The SMILES string of the molecule is CCC(Oc1ccc([Se]Cc2sc(-c3ccc(C(F)(F)F)c(F)c3)nc2C)cc1C)C(=O)O. The van der Waals surface area contributed by atoms with Crippen LogP contribution >= 0.6 is 11.3 Å². The van der Waals surface area contributed by atoms with Gasteiger partial charge in [-0.05, 0) is 0 Å². The first kappa shape index (κ1) is 25.2. The Kier molecular flexibility index (Phi) is 7.82. The summed E-state index contributed by atoms with van der Waals surface area (Å²) in [5.41, 5.74) is 0.630. The Morgan fingerprint density at radius 3 is 2.52 bits per heavy atom. The van der Waals surface area contributed by atoms with Gasteiger partial charge in [-0.3, -0.25) is 0 Å². The molecule has 0 radical (unpaired) electrons. The number of nitrogens with zero attached hydrogens (tertiary/aromatic N) is 1. The molecule has 1 N–H and O–H groups in total. The van der Waals surface area contributed by atoms with Gasteiger partial charge in [0.2, 0.25) is 0 Å². The standard InChI is InChI=1S/C23H21F4NO3SSe/c1-4-18(22(29)30)31-19-8-6-15(9-12(19)2)33-11-20-13(3)28-21(32-20)14-5-7-16(17(24)10-14)23(25,26)27/h5-10,18H,4,11H2,1-3H3,(H,29,30). The number of ether oxygens (including phenoxy) is 1. The van der Waals surface area contributed by atoms with Gasteiger partial charge in [-0.2, -0.15) is 0 Å². The molecule has 0 aliphatic heterocycles. The second-order valence-electron chi connectivity index (χ2n) is 7.29. The summed E-state index contributed by atoms with van der Waals surface area (Å²) in [7, 11) is 0. The van der Waals surface area contributed by atoms with Crippen LogP contribution in [0.5, 0.6) is 5.75 Å². The number of carboxylic acid groups (broad SMARTS) is 1. The van der Waals surface area contributed by atoms with E-state index >= 15 is 0 Å². The van der Waals surface area contributed by atoms with E-state index in [0.29, 0.717) is 28.1 Å². The second kappa shape index (κ2) is 10.2. The molecule has 0 saturated heterocycles. The quantitative estimate of drug-likeness (QED) is 0.306. The van der Waals surface area contributed by atoms with Crippen molar-refractivity contribution in [2.24, 2.45) is 0 Å². The van der Waals surface area contributed by atoms with Gasteiger partial charge < -0.3 is 0 Å². The van der Waals surface area contributed by atoms with E-state index in [0.717, 1.165) is 32.7 Å². The number of benzene rings is 2. The van der Waals surface area contributed by atoms with E-state index in [1.807, 2.05) is 26.0 Å². The Bertz CT molecular complexity index is 1160. The summed E-state index contributed by atoms with van der Waals surface area (Å²) in [4.78, 5) is 16.6. The van der Waals surface area contributed by atoms with Crippen molar-refractivity contribution in [1.82, 2.24) is 4.98 Å². The number of carbonyl (C=O) groups is 1. The van der Waals surface area contributed by atoms with Crippen LogP contribution in [0.15, 0.2) is 36.4 Å². The molecule has 0 amide bonds. The maximum absolute atomic E-state index is 13.9. The van der Waals surface area contributed by atoms with Crippen LogP contribution in [0.4, 0.5) is 17.6 Å². The fraction of sp³-hybridized carbons (Fsp3) is 0.304. The Hall–Kier alpha value is -2.42. The maximum atomic E-state index is 13.9. The molecular formula is C23H21F4NO3SSe. The first-order valence-electron chi connectivity index (χ1n) is 9.96. The summed E-state index contributed by atoms with van der Waals surface area (Å²) in [5.74, 6) is -1.79. The minimum absolute atomic E-state index is 0.0419.